The highest BCUT2D eigenvalue weighted by Crippen LogP contribution is 2.15. The zero-order valence-electron chi connectivity index (χ0n) is 18.6. The Labute approximate surface area is 202 Å². The van der Waals surface area contributed by atoms with Gasteiger partial charge in [0.1, 0.15) is 5.69 Å². The van der Waals surface area contributed by atoms with E-state index in [4.69, 9.17) is 5.11 Å². The molecule has 0 saturated carbocycles. The molecule has 35 heavy (non-hydrogen) atoms. The number of aliphatic hydroxyl groups is 1. The van der Waals surface area contributed by atoms with Gasteiger partial charge in [0, 0.05) is 24.8 Å². The first kappa shape index (κ1) is 25.5. The number of nitrogens with zero attached hydrogens (tertiary/aromatic N) is 1. The minimum Gasteiger partial charge on any atom is -0.395 e. The summed E-state index contributed by atoms with van der Waals surface area (Å²) < 4.78 is 27.1. The number of nitrogens with one attached hydrogen (secondary N) is 3. The Balaban J connectivity index is 1.56. The standard InChI is InChI=1S/C24H24N4O6S/c29-15-14-25-24(32)21-12-7-18(16-26-21)23(31)28-35(33,34)20-10-8-19(9-11-20)27-22(30)13-6-17-4-2-1-3-5-17/h1-5,7-12,16,29H,6,13-15H2,(H,25,32)(H,27,30)(H,28,31). The van der Waals surface area contributed by atoms with Gasteiger partial charge in [-0.25, -0.2) is 13.1 Å². The van der Waals surface area contributed by atoms with Gasteiger partial charge in [-0.1, -0.05) is 30.3 Å². The Morgan fingerprint density at radius 3 is 2.23 bits per heavy atom. The number of carbonyl (C=O) groups is 3. The number of amides is 3. The number of aryl methyl sites for hydroxylation is 1. The number of carbonyl (C=O) groups excluding carboxylic acids is 3. The SMILES string of the molecule is O=C(CCc1ccccc1)Nc1ccc(S(=O)(=O)NC(=O)c2ccc(C(=O)NCCO)nc2)cc1. The molecule has 0 aliphatic rings. The van der Waals surface area contributed by atoms with Gasteiger partial charge in [-0.3, -0.25) is 19.4 Å². The Kier molecular flexibility index (Phi) is 8.65. The maximum atomic E-state index is 12.6. The van der Waals surface area contributed by atoms with Crippen molar-refractivity contribution in [3.63, 3.8) is 0 Å². The largest absolute Gasteiger partial charge is 0.395 e. The number of hydrogen-bond donors (Lipinski definition) is 4. The topological polar surface area (TPSA) is 155 Å². The van der Waals surface area contributed by atoms with Gasteiger partial charge in [0.2, 0.25) is 5.91 Å². The maximum absolute atomic E-state index is 12.6. The Morgan fingerprint density at radius 1 is 0.886 bits per heavy atom. The Bertz CT molecular complexity index is 1280. The van der Waals surface area contributed by atoms with Crippen LogP contribution in [0.25, 0.3) is 0 Å². The summed E-state index contributed by atoms with van der Waals surface area (Å²) in [4.78, 5) is 40.0. The molecule has 0 aliphatic heterocycles. The van der Waals surface area contributed by atoms with Crippen LogP contribution >= 0.6 is 0 Å². The van der Waals surface area contributed by atoms with Crippen LogP contribution in [0.15, 0.2) is 77.8 Å². The number of pyridine rings is 1. The van der Waals surface area contributed by atoms with Gasteiger partial charge in [0.25, 0.3) is 21.8 Å². The third kappa shape index (κ3) is 7.45. The van der Waals surface area contributed by atoms with Gasteiger partial charge in [-0.05, 0) is 48.4 Å². The van der Waals surface area contributed by atoms with Gasteiger partial charge in [-0.15, -0.1) is 0 Å². The van der Waals surface area contributed by atoms with Crippen molar-refractivity contribution >= 4 is 33.4 Å². The minimum atomic E-state index is -4.18. The van der Waals surface area contributed by atoms with E-state index < -0.39 is 21.8 Å². The number of sulfonamides is 1. The van der Waals surface area contributed by atoms with Crippen molar-refractivity contribution in [2.75, 3.05) is 18.5 Å². The van der Waals surface area contributed by atoms with Gasteiger partial charge >= 0.3 is 0 Å². The lowest BCUT2D eigenvalue weighted by atomic mass is 10.1. The summed E-state index contributed by atoms with van der Waals surface area (Å²) in [6.07, 6.45) is 1.93. The third-order valence-electron chi connectivity index (χ3n) is 4.81. The highest BCUT2D eigenvalue weighted by Gasteiger charge is 2.19. The van der Waals surface area contributed by atoms with Crippen LogP contribution < -0.4 is 15.4 Å². The highest BCUT2D eigenvalue weighted by molar-refractivity contribution is 7.90. The third-order valence-corrected chi connectivity index (χ3v) is 6.16. The van der Waals surface area contributed by atoms with Gasteiger partial charge in [0.05, 0.1) is 17.1 Å². The summed E-state index contributed by atoms with van der Waals surface area (Å²) in [5.41, 5.74) is 1.41. The number of aliphatic hydroxyl groups excluding tert-OH is 1. The van der Waals surface area contributed by atoms with Gasteiger partial charge < -0.3 is 15.7 Å². The van der Waals surface area contributed by atoms with Crippen molar-refractivity contribution in [1.29, 1.82) is 0 Å². The number of rotatable bonds is 10. The summed E-state index contributed by atoms with van der Waals surface area (Å²) in [5.74, 6) is -1.66. The molecular weight excluding hydrogens is 472 g/mol. The Morgan fingerprint density at radius 2 is 1.60 bits per heavy atom. The highest BCUT2D eigenvalue weighted by atomic mass is 32.2. The zero-order chi connectivity index (χ0) is 25.3. The van der Waals surface area contributed by atoms with Gasteiger partial charge in [-0.2, -0.15) is 0 Å². The molecule has 0 aliphatic carbocycles. The quantitative estimate of drug-likeness (QED) is 0.331. The molecule has 3 rings (SSSR count). The predicted molar refractivity (Wildman–Crippen MR) is 128 cm³/mol. The summed E-state index contributed by atoms with van der Waals surface area (Å²) in [7, 11) is -4.18. The molecular formula is C24H24N4O6S. The van der Waals surface area contributed by atoms with Gasteiger partial charge in [0.15, 0.2) is 0 Å². The van der Waals surface area contributed by atoms with Crippen LogP contribution in [0.4, 0.5) is 5.69 Å². The number of hydrogen-bond acceptors (Lipinski definition) is 7. The molecule has 0 spiro atoms. The molecule has 0 radical (unpaired) electrons. The van der Waals surface area contributed by atoms with E-state index in [9.17, 15) is 22.8 Å². The van der Waals surface area contributed by atoms with Crippen LogP contribution in [-0.2, 0) is 21.2 Å². The second-order valence-corrected chi connectivity index (χ2v) is 9.09. The first-order chi connectivity index (χ1) is 16.8. The molecule has 4 N–H and O–H groups in total. The van der Waals surface area contributed by atoms with Crippen molar-refractivity contribution in [2.24, 2.45) is 0 Å². The average Bonchev–Trinajstić information content (AvgIpc) is 2.87. The number of anilines is 1. The zero-order valence-corrected chi connectivity index (χ0v) is 19.4. The van der Waals surface area contributed by atoms with E-state index in [0.29, 0.717) is 12.1 Å². The molecule has 0 bridgehead atoms. The molecule has 0 fully saturated rings. The van der Waals surface area contributed by atoms with Crippen LogP contribution in [0.1, 0.15) is 32.8 Å². The first-order valence-corrected chi connectivity index (χ1v) is 12.1. The van der Waals surface area contributed by atoms with Crippen LogP contribution in [0.3, 0.4) is 0 Å². The molecule has 3 amide bonds. The summed E-state index contributed by atoms with van der Waals surface area (Å²) >= 11 is 0. The molecule has 182 valence electrons. The lowest BCUT2D eigenvalue weighted by Gasteiger charge is -2.09. The van der Waals surface area contributed by atoms with Crippen LogP contribution in [0.5, 0.6) is 0 Å². The van der Waals surface area contributed by atoms with E-state index in [-0.39, 0.29) is 41.6 Å². The minimum absolute atomic E-state index is 0.0132. The number of benzene rings is 2. The molecule has 10 nitrogen and oxygen atoms in total. The first-order valence-electron chi connectivity index (χ1n) is 10.6. The lowest BCUT2D eigenvalue weighted by Crippen LogP contribution is -2.31. The van der Waals surface area contributed by atoms with Crippen LogP contribution in [0, 0.1) is 0 Å². The Hall–Kier alpha value is -4.09. The van der Waals surface area contributed by atoms with Crippen LogP contribution in [-0.4, -0.2) is 49.4 Å². The van der Waals surface area contributed by atoms with Crippen molar-refractivity contribution < 1.29 is 27.9 Å². The van der Waals surface area contributed by atoms with E-state index in [1.807, 2.05) is 35.1 Å². The molecule has 1 aromatic heterocycles. The normalized spacial score (nSPS) is 10.9. The molecule has 3 aromatic rings. The molecule has 0 unspecified atom stereocenters. The second-order valence-electron chi connectivity index (χ2n) is 7.40. The maximum Gasteiger partial charge on any atom is 0.269 e. The molecule has 2 aromatic carbocycles. The fourth-order valence-corrected chi connectivity index (χ4v) is 3.98. The van der Waals surface area contributed by atoms with E-state index in [1.165, 1.54) is 36.4 Å². The predicted octanol–water partition coefficient (Wildman–Crippen LogP) is 1.49. The summed E-state index contributed by atoms with van der Waals surface area (Å²) in [6, 6.07) is 17.5. The molecule has 1 heterocycles. The second kappa shape index (κ2) is 11.9. The fraction of sp³-hybridized carbons (Fsp3) is 0.167. The molecule has 0 saturated heterocycles. The fourth-order valence-electron chi connectivity index (χ4n) is 3.01. The molecule has 0 atom stereocenters. The van der Waals surface area contributed by atoms with Crippen molar-refractivity contribution in [3.05, 3.63) is 89.7 Å². The lowest BCUT2D eigenvalue weighted by molar-refractivity contribution is -0.116. The van der Waals surface area contributed by atoms with E-state index in [1.54, 1.807) is 0 Å². The molecule has 11 heteroatoms. The average molecular weight is 497 g/mol. The van der Waals surface area contributed by atoms with Crippen molar-refractivity contribution in [2.45, 2.75) is 17.7 Å². The van der Waals surface area contributed by atoms with E-state index in [2.05, 4.69) is 15.6 Å². The van der Waals surface area contributed by atoms with Crippen molar-refractivity contribution in [1.82, 2.24) is 15.0 Å². The summed E-state index contributed by atoms with van der Waals surface area (Å²) in [6.45, 7) is -0.178. The summed E-state index contributed by atoms with van der Waals surface area (Å²) in [5, 5.41) is 13.9. The number of aromatic nitrogens is 1. The van der Waals surface area contributed by atoms with E-state index >= 15 is 0 Å². The van der Waals surface area contributed by atoms with E-state index in [0.717, 1.165) is 11.8 Å². The monoisotopic (exact) mass is 496 g/mol. The smallest absolute Gasteiger partial charge is 0.269 e. The van der Waals surface area contributed by atoms with Crippen LogP contribution in [0.2, 0.25) is 0 Å². The van der Waals surface area contributed by atoms with Crippen molar-refractivity contribution in [3.8, 4) is 0 Å².